The van der Waals surface area contributed by atoms with E-state index in [2.05, 4.69) is 255 Å². The van der Waals surface area contributed by atoms with Crippen LogP contribution in [0.4, 0.5) is 0 Å². The molecule has 0 saturated heterocycles. The lowest BCUT2D eigenvalue weighted by atomic mass is 9.94. The second-order valence-corrected chi connectivity index (χ2v) is 28.0. The lowest BCUT2D eigenvalue weighted by molar-refractivity contribution is 0.668. The molecule has 16 aromatic carbocycles. The van der Waals surface area contributed by atoms with Crippen molar-refractivity contribution in [2.75, 3.05) is 0 Å². The summed E-state index contributed by atoms with van der Waals surface area (Å²) >= 11 is 0. The summed E-state index contributed by atoms with van der Waals surface area (Å²) in [6.07, 6.45) is 0. The van der Waals surface area contributed by atoms with Gasteiger partial charge in [0.05, 0.1) is 0 Å². The maximum Gasteiger partial charge on any atom is 0.164 e. The molecule has 0 aliphatic heterocycles. The Morgan fingerprint density at radius 2 is 0.375 bits per heavy atom. The number of hydrogen-bond donors (Lipinski definition) is 0. The van der Waals surface area contributed by atoms with Crippen molar-refractivity contribution in [3.8, 4) is 135 Å². The van der Waals surface area contributed by atoms with E-state index in [1.54, 1.807) is 0 Å². The molecule has 10 nitrogen and oxygen atoms in total. The fourth-order valence-electron chi connectivity index (χ4n) is 15.5. The van der Waals surface area contributed by atoms with Gasteiger partial charge in [0, 0.05) is 87.6 Å². The largest absolute Gasteiger partial charge is 0.456 e. The van der Waals surface area contributed by atoms with Crippen LogP contribution in [-0.2, 0) is 0 Å². The third-order valence-electron chi connectivity index (χ3n) is 21.1. The van der Waals surface area contributed by atoms with Crippen molar-refractivity contribution in [3.05, 3.63) is 376 Å². The van der Waals surface area contributed by atoms with Crippen LogP contribution in [0.1, 0.15) is 0 Å². The molecule has 0 aliphatic carbocycles. The highest BCUT2D eigenvalue weighted by atomic mass is 16.3. The lowest BCUT2D eigenvalue weighted by Crippen LogP contribution is -2.00. The van der Waals surface area contributed by atoms with Crippen molar-refractivity contribution in [1.82, 2.24) is 29.9 Å². The summed E-state index contributed by atoms with van der Waals surface area (Å²) in [5, 5.41) is 8.63. The average molecular weight is 1440 g/mol. The van der Waals surface area contributed by atoms with E-state index in [0.717, 1.165) is 188 Å². The predicted octanol–water partition coefficient (Wildman–Crippen LogP) is 27.3. The molecule has 0 radical (unpaired) electrons. The number of aromatic nitrogens is 6. The highest BCUT2D eigenvalue weighted by Crippen LogP contribution is 2.44. The van der Waals surface area contributed by atoms with Crippen LogP contribution in [0.15, 0.2) is 394 Å². The van der Waals surface area contributed by atoms with Crippen molar-refractivity contribution < 1.29 is 17.7 Å². The molecule has 6 aromatic heterocycles. The summed E-state index contributed by atoms with van der Waals surface area (Å²) in [6.45, 7) is 0. The molecular weight excluding hydrogens is 1370 g/mol. The minimum Gasteiger partial charge on any atom is -0.456 e. The van der Waals surface area contributed by atoms with Crippen LogP contribution in [0.3, 0.4) is 0 Å². The SMILES string of the molecule is c1ccc(-c2ccc(-c3nc(-c4ccccc4)nc(-c4cc(-c5ccc6oc7ccccc7c6c5)cc(-c5ccc6oc7ccccc7c6c5)c4)n3)cc2)cc1.c1ccc(-c2ccc(-c3nc(-c4ccccc4)nc(-c4cc(-c5cccc6c5oc5ccccc56)cc(-c5cccc6c5oc5ccccc56)c4)n3)cc2)cc1. The van der Waals surface area contributed by atoms with E-state index in [1.807, 2.05) is 121 Å². The van der Waals surface area contributed by atoms with E-state index >= 15 is 0 Å². The Kier molecular flexibility index (Phi) is 16.0. The van der Waals surface area contributed by atoms with Crippen molar-refractivity contribution >= 4 is 87.8 Å². The molecule has 0 saturated carbocycles. The van der Waals surface area contributed by atoms with Gasteiger partial charge in [0.2, 0.25) is 0 Å². The first-order valence-corrected chi connectivity index (χ1v) is 37.3. The standard InChI is InChI=1S/2C51H31N3O2/c1-3-13-32(14-4-1)33-25-27-35(28-26-33)50-52-49(34-15-5-2-6-16-34)53-51(54-50)38-30-36(39-19-11-21-43-41-17-7-9-23-45(41)55-47(39)43)29-37(31-38)40-20-12-22-44-42-18-8-10-24-46(42)56-48(40)44;1-3-11-32(12-4-1)33-19-21-35(22-20-33)50-52-49(34-13-5-2-6-14-34)53-51(54-50)40-28-38(36-23-25-47-43(30-36)41-15-7-9-17-45(41)55-47)27-39(29-40)37-24-26-48-44(31-37)42-16-8-10-18-46(42)56-48/h2*1-31H. The van der Waals surface area contributed by atoms with E-state index in [-0.39, 0.29) is 0 Å². The molecule has 0 atom stereocenters. The number of para-hydroxylation sites is 6. The first kappa shape index (κ1) is 65.1. The molecule has 0 amide bonds. The minimum atomic E-state index is 0.567. The van der Waals surface area contributed by atoms with Gasteiger partial charge in [-0.05, 0) is 141 Å². The molecule has 10 heteroatoms. The van der Waals surface area contributed by atoms with Crippen molar-refractivity contribution in [2.45, 2.75) is 0 Å². The molecule has 0 unspecified atom stereocenters. The lowest BCUT2D eigenvalue weighted by Gasteiger charge is -2.13. The van der Waals surface area contributed by atoms with Crippen molar-refractivity contribution in [1.29, 1.82) is 0 Å². The second kappa shape index (κ2) is 27.5. The van der Waals surface area contributed by atoms with Gasteiger partial charge in [-0.1, -0.05) is 291 Å². The Labute approximate surface area is 642 Å². The van der Waals surface area contributed by atoms with Crippen LogP contribution >= 0.6 is 0 Å². The molecule has 0 N–H and O–H groups in total. The van der Waals surface area contributed by atoms with Gasteiger partial charge in [-0.15, -0.1) is 0 Å². The number of benzene rings is 16. The quantitative estimate of drug-likeness (QED) is 0.117. The van der Waals surface area contributed by atoms with Crippen LogP contribution < -0.4 is 0 Å². The summed E-state index contributed by atoms with van der Waals surface area (Å²) in [7, 11) is 0. The third-order valence-corrected chi connectivity index (χ3v) is 21.1. The predicted molar refractivity (Wildman–Crippen MR) is 454 cm³/mol. The molecule has 0 fully saturated rings. The zero-order chi connectivity index (χ0) is 74.0. The topological polar surface area (TPSA) is 130 Å². The Morgan fingerprint density at radius 1 is 0.134 bits per heavy atom. The normalized spacial score (nSPS) is 11.6. The summed E-state index contributed by atoms with van der Waals surface area (Å²) in [5.74, 6) is 3.58. The zero-order valence-corrected chi connectivity index (χ0v) is 60.1. The summed E-state index contributed by atoms with van der Waals surface area (Å²) in [6, 6.07) is 129. The zero-order valence-electron chi connectivity index (χ0n) is 60.1. The monoisotopic (exact) mass is 1430 g/mol. The number of rotatable bonds is 12. The Hall–Kier alpha value is -15.3. The maximum atomic E-state index is 6.57. The molecule has 6 heterocycles. The van der Waals surface area contributed by atoms with E-state index in [4.69, 9.17) is 47.6 Å². The molecule has 22 rings (SSSR count). The van der Waals surface area contributed by atoms with Crippen LogP contribution in [0.5, 0.6) is 0 Å². The van der Waals surface area contributed by atoms with Gasteiger partial charge >= 0.3 is 0 Å². The van der Waals surface area contributed by atoms with Gasteiger partial charge in [-0.2, -0.15) is 0 Å². The van der Waals surface area contributed by atoms with Crippen molar-refractivity contribution in [3.63, 3.8) is 0 Å². The fourth-order valence-corrected chi connectivity index (χ4v) is 15.5. The Bertz CT molecular complexity index is 7090. The molecule has 0 bridgehead atoms. The third kappa shape index (κ3) is 12.1. The molecule has 0 spiro atoms. The summed E-state index contributed by atoms with van der Waals surface area (Å²) < 4.78 is 25.6. The highest BCUT2D eigenvalue weighted by Gasteiger charge is 2.23. The molecule has 22 aromatic rings. The Morgan fingerprint density at radius 3 is 0.750 bits per heavy atom. The maximum absolute atomic E-state index is 6.57. The summed E-state index contributed by atoms with van der Waals surface area (Å²) in [4.78, 5) is 30.8. The molecule has 524 valence electrons. The van der Waals surface area contributed by atoms with Crippen LogP contribution in [-0.4, -0.2) is 29.9 Å². The van der Waals surface area contributed by atoms with Gasteiger partial charge in [0.15, 0.2) is 34.9 Å². The fraction of sp³-hybridized carbons (Fsp3) is 0. The first-order valence-electron chi connectivity index (χ1n) is 37.3. The van der Waals surface area contributed by atoms with E-state index in [9.17, 15) is 0 Å². The minimum absolute atomic E-state index is 0.567. The molecule has 112 heavy (non-hydrogen) atoms. The number of furan rings is 4. The van der Waals surface area contributed by atoms with Crippen molar-refractivity contribution in [2.24, 2.45) is 0 Å². The number of nitrogens with zero attached hydrogens (tertiary/aromatic N) is 6. The Balaban J connectivity index is 0.000000141. The van der Waals surface area contributed by atoms with E-state index in [1.165, 1.54) is 0 Å². The summed E-state index contributed by atoms with van der Waals surface area (Å²) in [5.41, 5.74) is 24.9. The van der Waals surface area contributed by atoms with Crippen LogP contribution in [0, 0.1) is 0 Å². The second-order valence-electron chi connectivity index (χ2n) is 28.0. The van der Waals surface area contributed by atoms with Gasteiger partial charge in [0.1, 0.15) is 44.7 Å². The average Bonchev–Trinajstić information content (AvgIpc) is 1.60. The molecule has 0 aliphatic rings. The van der Waals surface area contributed by atoms with Gasteiger partial charge in [-0.25, -0.2) is 29.9 Å². The van der Waals surface area contributed by atoms with Crippen LogP contribution in [0.2, 0.25) is 0 Å². The van der Waals surface area contributed by atoms with E-state index < -0.39 is 0 Å². The van der Waals surface area contributed by atoms with Gasteiger partial charge in [0.25, 0.3) is 0 Å². The highest BCUT2D eigenvalue weighted by molar-refractivity contribution is 6.13. The van der Waals surface area contributed by atoms with Gasteiger partial charge in [-0.3, -0.25) is 0 Å². The number of fused-ring (bicyclic) bond motifs is 12. The molecular formula is C102H62N6O4. The van der Waals surface area contributed by atoms with E-state index in [0.29, 0.717) is 34.9 Å². The first-order chi connectivity index (χ1) is 55.4. The van der Waals surface area contributed by atoms with Gasteiger partial charge < -0.3 is 17.7 Å². The van der Waals surface area contributed by atoms with Crippen LogP contribution in [0.25, 0.3) is 223 Å². The smallest absolute Gasteiger partial charge is 0.164 e. The number of hydrogen-bond acceptors (Lipinski definition) is 10.